The fourth-order valence-corrected chi connectivity index (χ4v) is 2.61. The van der Waals surface area contributed by atoms with E-state index in [2.05, 4.69) is 5.32 Å². The van der Waals surface area contributed by atoms with Gasteiger partial charge in [-0.05, 0) is 54.8 Å². The van der Waals surface area contributed by atoms with Crippen molar-refractivity contribution in [3.8, 4) is 0 Å². The maximum Gasteiger partial charge on any atom is 0.129 e. The molecular weight excluding hydrogens is 292 g/mol. The van der Waals surface area contributed by atoms with Crippen LogP contribution in [0.1, 0.15) is 29.7 Å². The number of hydrogen-bond donors (Lipinski definition) is 1. The third kappa shape index (κ3) is 4.02. The van der Waals surface area contributed by atoms with E-state index >= 15 is 0 Å². The lowest BCUT2D eigenvalue weighted by molar-refractivity contribution is 0.519. The normalized spacial score (nSPS) is 12.4. The van der Waals surface area contributed by atoms with Crippen LogP contribution in [0.25, 0.3) is 0 Å². The summed E-state index contributed by atoms with van der Waals surface area (Å²) >= 11 is 6.06. The highest BCUT2D eigenvalue weighted by Gasteiger charge is 2.16. The van der Waals surface area contributed by atoms with Crippen molar-refractivity contribution in [2.24, 2.45) is 0 Å². The first-order chi connectivity index (χ1) is 10.0. The monoisotopic (exact) mass is 309 g/mol. The Morgan fingerprint density at radius 1 is 1.14 bits per heavy atom. The van der Waals surface area contributed by atoms with Crippen molar-refractivity contribution >= 4 is 11.6 Å². The maximum atomic E-state index is 13.9. The molecule has 0 radical (unpaired) electrons. The van der Waals surface area contributed by atoms with Gasteiger partial charge in [-0.15, -0.1) is 0 Å². The van der Waals surface area contributed by atoms with Gasteiger partial charge in [-0.1, -0.05) is 30.7 Å². The van der Waals surface area contributed by atoms with Gasteiger partial charge in [-0.25, -0.2) is 8.78 Å². The van der Waals surface area contributed by atoms with Crippen LogP contribution in [-0.4, -0.2) is 6.54 Å². The molecule has 2 aromatic rings. The minimum Gasteiger partial charge on any atom is -0.310 e. The van der Waals surface area contributed by atoms with Crippen LogP contribution in [0.2, 0.25) is 5.02 Å². The van der Waals surface area contributed by atoms with Gasteiger partial charge in [-0.2, -0.15) is 0 Å². The zero-order chi connectivity index (χ0) is 15.4. The summed E-state index contributed by atoms with van der Waals surface area (Å²) < 4.78 is 26.9. The Morgan fingerprint density at radius 2 is 1.90 bits per heavy atom. The molecule has 2 aromatic carbocycles. The highest BCUT2D eigenvalue weighted by Crippen LogP contribution is 2.26. The first kappa shape index (κ1) is 15.9. The highest BCUT2D eigenvalue weighted by atomic mass is 35.5. The van der Waals surface area contributed by atoms with E-state index in [-0.39, 0.29) is 6.04 Å². The van der Waals surface area contributed by atoms with Crippen LogP contribution in [-0.2, 0) is 6.42 Å². The number of halogens is 3. The van der Waals surface area contributed by atoms with E-state index in [1.54, 1.807) is 0 Å². The Balaban J connectivity index is 2.32. The summed E-state index contributed by atoms with van der Waals surface area (Å²) in [4.78, 5) is 0. The molecule has 1 unspecified atom stereocenters. The molecule has 1 atom stereocenters. The summed E-state index contributed by atoms with van der Waals surface area (Å²) in [5.74, 6) is -1.08. The predicted molar refractivity (Wildman–Crippen MR) is 82.7 cm³/mol. The Hall–Kier alpha value is -1.45. The van der Waals surface area contributed by atoms with E-state index < -0.39 is 11.6 Å². The second-order valence-electron chi connectivity index (χ2n) is 5.05. The zero-order valence-corrected chi connectivity index (χ0v) is 12.8. The number of benzene rings is 2. The molecule has 0 aliphatic rings. The van der Waals surface area contributed by atoms with E-state index in [0.717, 1.165) is 23.7 Å². The molecule has 1 nitrogen and oxygen atoms in total. The molecule has 0 amide bonds. The van der Waals surface area contributed by atoms with Crippen molar-refractivity contribution in [1.29, 1.82) is 0 Å². The van der Waals surface area contributed by atoms with Crippen molar-refractivity contribution in [3.05, 3.63) is 69.7 Å². The van der Waals surface area contributed by atoms with Gasteiger partial charge in [0.15, 0.2) is 0 Å². The number of hydrogen-bond acceptors (Lipinski definition) is 1. The molecule has 0 saturated heterocycles. The van der Waals surface area contributed by atoms with Gasteiger partial charge in [0, 0.05) is 17.1 Å². The van der Waals surface area contributed by atoms with Crippen molar-refractivity contribution in [1.82, 2.24) is 5.32 Å². The Labute approximate surface area is 128 Å². The van der Waals surface area contributed by atoms with Crippen molar-refractivity contribution in [3.63, 3.8) is 0 Å². The van der Waals surface area contributed by atoms with Gasteiger partial charge in [0.05, 0.1) is 0 Å². The first-order valence-electron chi connectivity index (χ1n) is 6.94. The second kappa shape index (κ2) is 7.01. The van der Waals surface area contributed by atoms with Crippen LogP contribution in [0, 0.1) is 18.6 Å². The molecule has 21 heavy (non-hydrogen) atoms. The van der Waals surface area contributed by atoms with Gasteiger partial charge < -0.3 is 5.32 Å². The third-order valence-electron chi connectivity index (χ3n) is 3.51. The molecule has 0 fully saturated rings. The van der Waals surface area contributed by atoms with E-state index in [1.807, 2.05) is 32.0 Å². The lowest BCUT2D eigenvalue weighted by Gasteiger charge is -2.21. The largest absolute Gasteiger partial charge is 0.310 e. The van der Waals surface area contributed by atoms with Gasteiger partial charge in [0.1, 0.15) is 11.6 Å². The van der Waals surface area contributed by atoms with Crippen LogP contribution in [0.5, 0.6) is 0 Å². The van der Waals surface area contributed by atoms with Gasteiger partial charge >= 0.3 is 0 Å². The molecule has 0 aliphatic carbocycles. The summed E-state index contributed by atoms with van der Waals surface area (Å²) in [6.45, 7) is 4.74. The van der Waals surface area contributed by atoms with Crippen molar-refractivity contribution < 1.29 is 8.78 Å². The number of nitrogens with one attached hydrogen (secondary N) is 1. The first-order valence-corrected chi connectivity index (χ1v) is 7.32. The fraction of sp³-hybridized carbons (Fsp3) is 0.294. The number of likely N-dealkylation sites (N-methyl/N-ethyl adjacent to an activating group) is 1. The quantitative estimate of drug-likeness (QED) is 0.835. The molecular formula is C17H18ClF2N. The molecule has 0 bridgehead atoms. The second-order valence-corrected chi connectivity index (χ2v) is 5.49. The van der Waals surface area contributed by atoms with Crippen LogP contribution in [0.15, 0.2) is 36.4 Å². The van der Waals surface area contributed by atoms with Gasteiger partial charge in [0.2, 0.25) is 0 Å². The lowest BCUT2D eigenvalue weighted by Crippen LogP contribution is -2.24. The fourth-order valence-electron chi connectivity index (χ4n) is 2.43. The standard InChI is InChI=1S/C17H18ClF2N/c1-3-21-17(15-9-13(18)6-4-11(15)2)8-12-5-7-14(19)10-16(12)20/h4-7,9-10,17,21H,3,8H2,1-2H3. The lowest BCUT2D eigenvalue weighted by atomic mass is 9.95. The van der Waals surface area contributed by atoms with E-state index in [0.29, 0.717) is 17.0 Å². The molecule has 4 heteroatoms. The van der Waals surface area contributed by atoms with Crippen molar-refractivity contribution in [2.45, 2.75) is 26.3 Å². The molecule has 0 spiro atoms. The van der Waals surface area contributed by atoms with Crippen LogP contribution >= 0.6 is 11.6 Å². The van der Waals surface area contributed by atoms with Gasteiger partial charge in [-0.3, -0.25) is 0 Å². The average molecular weight is 310 g/mol. The molecule has 0 aliphatic heterocycles. The Morgan fingerprint density at radius 3 is 2.57 bits per heavy atom. The number of aryl methyl sites for hydroxylation is 1. The summed E-state index contributed by atoms with van der Waals surface area (Å²) in [5, 5.41) is 3.99. The highest BCUT2D eigenvalue weighted by molar-refractivity contribution is 6.30. The Kier molecular flexibility index (Phi) is 5.32. The summed E-state index contributed by atoms with van der Waals surface area (Å²) in [6.07, 6.45) is 0.446. The topological polar surface area (TPSA) is 12.0 Å². The summed E-state index contributed by atoms with van der Waals surface area (Å²) in [7, 11) is 0. The molecule has 1 N–H and O–H groups in total. The third-order valence-corrected chi connectivity index (χ3v) is 3.74. The average Bonchev–Trinajstić information content (AvgIpc) is 2.44. The molecule has 0 aromatic heterocycles. The summed E-state index contributed by atoms with van der Waals surface area (Å²) in [5.41, 5.74) is 2.61. The van der Waals surface area contributed by atoms with E-state index in [4.69, 9.17) is 11.6 Å². The minimum atomic E-state index is -0.560. The van der Waals surface area contributed by atoms with E-state index in [1.165, 1.54) is 12.1 Å². The number of rotatable bonds is 5. The predicted octanol–water partition coefficient (Wildman–Crippen LogP) is 4.82. The van der Waals surface area contributed by atoms with Crippen LogP contribution in [0.3, 0.4) is 0 Å². The smallest absolute Gasteiger partial charge is 0.129 e. The SMILES string of the molecule is CCNC(Cc1ccc(F)cc1F)c1cc(Cl)ccc1C. The van der Waals surface area contributed by atoms with Crippen LogP contribution in [0.4, 0.5) is 8.78 Å². The van der Waals surface area contributed by atoms with Crippen LogP contribution < -0.4 is 5.32 Å². The summed E-state index contributed by atoms with van der Waals surface area (Å²) in [6, 6.07) is 9.31. The maximum absolute atomic E-state index is 13.9. The Bertz CT molecular complexity index is 628. The zero-order valence-electron chi connectivity index (χ0n) is 12.1. The van der Waals surface area contributed by atoms with Crippen molar-refractivity contribution in [2.75, 3.05) is 6.54 Å². The van der Waals surface area contributed by atoms with Gasteiger partial charge in [0.25, 0.3) is 0 Å². The van der Waals surface area contributed by atoms with E-state index in [9.17, 15) is 8.78 Å². The molecule has 112 valence electrons. The minimum absolute atomic E-state index is 0.0614. The molecule has 2 rings (SSSR count). The molecule has 0 saturated carbocycles. The molecule has 0 heterocycles.